The standard InChI is InChI=1S/C11H9F3N4O/c12-11(13,14)9-8(10(19)18-17-9)6-15-16-7-4-2-1-3-5-7/h1-6,16H,(H2,17,18,19)/b15-6-. The lowest BCUT2D eigenvalue weighted by Crippen LogP contribution is -2.13. The third-order valence-electron chi connectivity index (χ3n) is 2.26. The van der Waals surface area contributed by atoms with Gasteiger partial charge in [-0.2, -0.15) is 18.3 Å². The summed E-state index contributed by atoms with van der Waals surface area (Å²) in [6.45, 7) is 0. The van der Waals surface area contributed by atoms with E-state index in [0.29, 0.717) is 5.69 Å². The number of para-hydroxylation sites is 1. The van der Waals surface area contributed by atoms with Gasteiger partial charge in [0.05, 0.1) is 17.5 Å². The Kier molecular flexibility index (Phi) is 3.41. The maximum absolute atomic E-state index is 12.5. The van der Waals surface area contributed by atoms with Gasteiger partial charge in [-0.05, 0) is 12.1 Å². The number of rotatable bonds is 3. The van der Waals surface area contributed by atoms with E-state index in [9.17, 15) is 18.0 Å². The molecule has 3 N–H and O–H groups in total. The lowest BCUT2D eigenvalue weighted by Gasteiger charge is -2.03. The number of anilines is 1. The van der Waals surface area contributed by atoms with Gasteiger partial charge < -0.3 is 0 Å². The van der Waals surface area contributed by atoms with Crippen molar-refractivity contribution in [2.75, 3.05) is 5.43 Å². The van der Waals surface area contributed by atoms with Crippen LogP contribution in [0.1, 0.15) is 11.3 Å². The number of aromatic nitrogens is 2. The van der Waals surface area contributed by atoms with Gasteiger partial charge in [-0.3, -0.25) is 20.4 Å². The predicted molar refractivity (Wildman–Crippen MR) is 64.1 cm³/mol. The van der Waals surface area contributed by atoms with Gasteiger partial charge in [0.25, 0.3) is 5.56 Å². The molecule has 0 aliphatic carbocycles. The summed E-state index contributed by atoms with van der Waals surface area (Å²) in [5.74, 6) is 0. The maximum atomic E-state index is 12.5. The third-order valence-corrected chi connectivity index (χ3v) is 2.26. The first kappa shape index (κ1) is 12.9. The quantitative estimate of drug-likeness (QED) is 0.590. The Bertz CT molecular complexity index is 627. The molecule has 0 unspecified atom stereocenters. The van der Waals surface area contributed by atoms with Gasteiger partial charge in [-0.1, -0.05) is 18.2 Å². The number of nitrogens with zero attached hydrogens (tertiary/aromatic N) is 1. The second-order valence-corrected chi connectivity index (χ2v) is 3.60. The first-order valence-corrected chi connectivity index (χ1v) is 5.20. The van der Waals surface area contributed by atoms with Gasteiger partial charge in [0, 0.05) is 0 Å². The molecule has 19 heavy (non-hydrogen) atoms. The van der Waals surface area contributed by atoms with Gasteiger partial charge in [-0.15, -0.1) is 0 Å². The van der Waals surface area contributed by atoms with Crippen LogP contribution in [-0.2, 0) is 6.18 Å². The lowest BCUT2D eigenvalue weighted by molar-refractivity contribution is -0.141. The molecule has 1 heterocycles. The number of aromatic amines is 2. The molecule has 0 aliphatic heterocycles. The fourth-order valence-corrected chi connectivity index (χ4v) is 1.40. The van der Waals surface area contributed by atoms with Crippen LogP contribution < -0.4 is 11.0 Å². The molecule has 1 aromatic carbocycles. The number of nitrogens with one attached hydrogen (secondary N) is 3. The van der Waals surface area contributed by atoms with Crippen molar-refractivity contribution in [3.05, 3.63) is 51.9 Å². The van der Waals surface area contributed by atoms with Gasteiger partial charge >= 0.3 is 6.18 Å². The smallest absolute Gasteiger partial charge is 0.293 e. The molecule has 2 rings (SSSR count). The lowest BCUT2D eigenvalue weighted by atomic mass is 10.2. The van der Waals surface area contributed by atoms with Crippen molar-refractivity contribution in [2.45, 2.75) is 6.18 Å². The Morgan fingerprint density at radius 1 is 1.16 bits per heavy atom. The number of hydrogen-bond acceptors (Lipinski definition) is 3. The predicted octanol–water partition coefficient (Wildman–Crippen LogP) is 2.17. The van der Waals surface area contributed by atoms with E-state index in [1.54, 1.807) is 35.4 Å². The Hall–Kier alpha value is -2.51. The minimum atomic E-state index is -4.65. The number of H-pyrrole nitrogens is 2. The molecule has 0 atom stereocenters. The van der Waals surface area contributed by atoms with Crippen molar-refractivity contribution >= 4 is 11.9 Å². The van der Waals surface area contributed by atoms with E-state index in [1.807, 2.05) is 5.10 Å². The number of hydrogen-bond donors (Lipinski definition) is 3. The summed E-state index contributed by atoms with van der Waals surface area (Å²) >= 11 is 0. The minimum Gasteiger partial charge on any atom is -0.293 e. The fourth-order valence-electron chi connectivity index (χ4n) is 1.40. The van der Waals surface area contributed by atoms with E-state index in [1.165, 1.54) is 0 Å². The van der Waals surface area contributed by atoms with Crippen LogP contribution in [0.5, 0.6) is 0 Å². The molecule has 2 aromatic rings. The van der Waals surface area contributed by atoms with Crippen molar-refractivity contribution in [2.24, 2.45) is 5.10 Å². The summed E-state index contributed by atoms with van der Waals surface area (Å²) in [7, 11) is 0. The molecule has 0 saturated heterocycles. The zero-order chi connectivity index (χ0) is 13.9. The highest BCUT2D eigenvalue weighted by Crippen LogP contribution is 2.28. The summed E-state index contributed by atoms with van der Waals surface area (Å²) in [4.78, 5) is 11.2. The Labute approximate surface area is 105 Å². The van der Waals surface area contributed by atoms with Crippen molar-refractivity contribution in [1.29, 1.82) is 0 Å². The molecule has 0 spiro atoms. The van der Waals surface area contributed by atoms with Crippen LogP contribution in [0, 0.1) is 0 Å². The maximum Gasteiger partial charge on any atom is 0.433 e. The van der Waals surface area contributed by atoms with Crippen molar-refractivity contribution in [3.8, 4) is 0 Å². The van der Waals surface area contributed by atoms with E-state index in [4.69, 9.17) is 0 Å². The van der Waals surface area contributed by atoms with Gasteiger partial charge in [-0.25, -0.2) is 0 Å². The van der Waals surface area contributed by atoms with Crippen molar-refractivity contribution < 1.29 is 13.2 Å². The number of halogens is 3. The van der Waals surface area contributed by atoms with E-state index in [0.717, 1.165) is 6.21 Å². The van der Waals surface area contributed by atoms with Crippen molar-refractivity contribution in [1.82, 2.24) is 10.2 Å². The summed E-state index contributed by atoms with van der Waals surface area (Å²) in [5, 5.41) is 7.26. The molecule has 0 bridgehead atoms. The molecular weight excluding hydrogens is 261 g/mol. The number of alkyl halides is 3. The molecule has 0 amide bonds. The van der Waals surface area contributed by atoms with Crippen LogP contribution >= 0.6 is 0 Å². The number of hydrazone groups is 1. The molecule has 100 valence electrons. The fraction of sp³-hybridized carbons (Fsp3) is 0.0909. The average molecular weight is 270 g/mol. The molecule has 0 fully saturated rings. The van der Waals surface area contributed by atoms with Crippen molar-refractivity contribution in [3.63, 3.8) is 0 Å². The molecule has 0 saturated carbocycles. The number of benzene rings is 1. The van der Waals surface area contributed by atoms with Gasteiger partial charge in [0.15, 0.2) is 5.69 Å². The second-order valence-electron chi connectivity index (χ2n) is 3.60. The molecule has 0 radical (unpaired) electrons. The Morgan fingerprint density at radius 3 is 2.47 bits per heavy atom. The summed E-state index contributed by atoms with van der Waals surface area (Å²) in [6, 6.07) is 8.63. The van der Waals surface area contributed by atoms with Crippen LogP contribution in [0.4, 0.5) is 18.9 Å². The van der Waals surface area contributed by atoms with Crippen LogP contribution in [0.2, 0.25) is 0 Å². The van der Waals surface area contributed by atoms with E-state index >= 15 is 0 Å². The molecule has 8 heteroatoms. The molecule has 1 aromatic heterocycles. The highest BCUT2D eigenvalue weighted by molar-refractivity contribution is 5.81. The molecule has 0 aliphatic rings. The van der Waals surface area contributed by atoms with Crippen LogP contribution in [0.3, 0.4) is 0 Å². The highest BCUT2D eigenvalue weighted by Gasteiger charge is 2.36. The second kappa shape index (κ2) is 5.01. The summed E-state index contributed by atoms with van der Waals surface area (Å²) in [5.41, 5.74) is 0.508. The van der Waals surface area contributed by atoms with Crippen LogP contribution in [0.15, 0.2) is 40.2 Å². The monoisotopic (exact) mass is 270 g/mol. The largest absolute Gasteiger partial charge is 0.433 e. The highest BCUT2D eigenvalue weighted by atomic mass is 19.4. The molecular formula is C11H9F3N4O. The van der Waals surface area contributed by atoms with E-state index in [2.05, 4.69) is 10.5 Å². The average Bonchev–Trinajstić information content (AvgIpc) is 2.72. The van der Waals surface area contributed by atoms with Gasteiger partial charge in [0.2, 0.25) is 0 Å². The summed E-state index contributed by atoms with van der Waals surface area (Å²) in [6.07, 6.45) is -3.82. The molecule has 5 nitrogen and oxygen atoms in total. The summed E-state index contributed by atoms with van der Waals surface area (Å²) < 4.78 is 37.6. The first-order valence-electron chi connectivity index (χ1n) is 5.20. The zero-order valence-electron chi connectivity index (χ0n) is 9.45. The first-order chi connectivity index (χ1) is 8.98. The zero-order valence-corrected chi connectivity index (χ0v) is 9.45. The normalized spacial score (nSPS) is 11.9. The third kappa shape index (κ3) is 3.03. The van der Waals surface area contributed by atoms with Gasteiger partial charge in [0.1, 0.15) is 0 Å². The topological polar surface area (TPSA) is 73.0 Å². The minimum absolute atomic E-state index is 0.573. The van der Waals surface area contributed by atoms with Crippen LogP contribution in [0.25, 0.3) is 0 Å². The Morgan fingerprint density at radius 2 is 1.84 bits per heavy atom. The SMILES string of the molecule is O=c1[nH][nH]c(C(F)(F)F)c1/C=N\Nc1ccccc1. The van der Waals surface area contributed by atoms with E-state index < -0.39 is 23.0 Å². The Balaban J connectivity index is 2.20. The van der Waals surface area contributed by atoms with Crippen LogP contribution in [-0.4, -0.2) is 16.4 Å². The van der Waals surface area contributed by atoms with E-state index in [-0.39, 0.29) is 0 Å².